The van der Waals surface area contributed by atoms with E-state index in [0.717, 1.165) is 25.9 Å². The molecule has 0 bridgehead atoms. The van der Waals surface area contributed by atoms with E-state index in [0.29, 0.717) is 30.1 Å². The number of carbonyl (C=O) groups is 1. The van der Waals surface area contributed by atoms with E-state index in [9.17, 15) is 13.2 Å². The van der Waals surface area contributed by atoms with Crippen LogP contribution in [0.2, 0.25) is 0 Å². The summed E-state index contributed by atoms with van der Waals surface area (Å²) in [6, 6.07) is 6.72. The predicted octanol–water partition coefficient (Wildman–Crippen LogP) is 1.91. The summed E-state index contributed by atoms with van der Waals surface area (Å²) in [4.78, 5) is 14.7. The molecule has 0 saturated carbocycles. The molecule has 7 heteroatoms. The number of benzene rings is 1. The number of sulfonamides is 1. The fourth-order valence-electron chi connectivity index (χ4n) is 3.03. The Morgan fingerprint density at radius 2 is 2.08 bits per heavy atom. The van der Waals surface area contributed by atoms with Crippen molar-refractivity contribution < 1.29 is 13.2 Å². The molecule has 2 N–H and O–H groups in total. The number of piperidine rings is 1. The van der Waals surface area contributed by atoms with Crippen molar-refractivity contribution in [1.29, 1.82) is 0 Å². The van der Waals surface area contributed by atoms with Gasteiger partial charge in [0.15, 0.2) is 0 Å². The van der Waals surface area contributed by atoms with Gasteiger partial charge in [-0.25, -0.2) is 8.42 Å². The minimum Gasteiger partial charge on any atom is -0.352 e. The van der Waals surface area contributed by atoms with Gasteiger partial charge in [0, 0.05) is 13.1 Å². The van der Waals surface area contributed by atoms with Gasteiger partial charge in [-0.3, -0.25) is 9.52 Å². The summed E-state index contributed by atoms with van der Waals surface area (Å²) >= 11 is 0. The largest absolute Gasteiger partial charge is 0.352 e. The molecule has 2 rings (SSSR count). The standard InChI is InChI=1S/C17H27N3O3S/c1-3-11-24(22,23)19-16-9-5-4-8-15(16)17(21)18-12-14-7-6-10-20(2)13-14/h4-5,8-9,14,19H,3,6-7,10-13H2,1-2H3,(H,18,21). The van der Waals surface area contributed by atoms with Crippen molar-refractivity contribution in [3.8, 4) is 0 Å². The lowest BCUT2D eigenvalue weighted by molar-refractivity contribution is 0.0937. The first-order valence-corrected chi connectivity index (χ1v) is 10.1. The zero-order chi connectivity index (χ0) is 17.6. The molecule has 0 radical (unpaired) electrons. The van der Waals surface area contributed by atoms with Crippen LogP contribution in [0.25, 0.3) is 0 Å². The van der Waals surface area contributed by atoms with Crippen molar-refractivity contribution >= 4 is 21.6 Å². The van der Waals surface area contributed by atoms with Crippen molar-refractivity contribution in [3.63, 3.8) is 0 Å². The van der Waals surface area contributed by atoms with Crippen molar-refractivity contribution in [3.05, 3.63) is 29.8 Å². The van der Waals surface area contributed by atoms with Crippen LogP contribution < -0.4 is 10.0 Å². The van der Waals surface area contributed by atoms with E-state index in [1.54, 1.807) is 31.2 Å². The molecule has 0 spiro atoms. The number of amides is 1. The summed E-state index contributed by atoms with van der Waals surface area (Å²) in [6.07, 6.45) is 2.78. The number of para-hydroxylation sites is 1. The Hall–Kier alpha value is -1.60. The maximum absolute atomic E-state index is 12.5. The van der Waals surface area contributed by atoms with Crippen LogP contribution in [0.15, 0.2) is 24.3 Å². The van der Waals surface area contributed by atoms with Crippen LogP contribution >= 0.6 is 0 Å². The highest BCUT2D eigenvalue weighted by Gasteiger charge is 2.20. The zero-order valence-corrected chi connectivity index (χ0v) is 15.2. The van der Waals surface area contributed by atoms with Crippen LogP contribution in [-0.2, 0) is 10.0 Å². The summed E-state index contributed by atoms with van der Waals surface area (Å²) in [5.41, 5.74) is 0.700. The number of nitrogens with one attached hydrogen (secondary N) is 2. The van der Waals surface area contributed by atoms with Crippen LogP contribution in [0.4, 0.5) is 5.69 Å². The van der Waals surface area contributed by atoms with E-state index in [1.165, 1.54) is 0 Å². The Morgan fingerprint density at radius 3 is 2.79 bits per heavy atom. The second kappa shape index (κ2) is 8.48. The number of hydrogen-bond donors (Lipinski definition) is 2. The van der Waals surface area contributed by atoms with Crippen LogP contribution in [-0.4, -0.2) is 51.7 Å². The second-order valence-corrected chi connectivity index (χ2v) is 8.29. The SMILES string of the molecule is CCCS(=O)(=O)Nc1ccccc1C(=O)NCC1CCCN(C)C1. The maximum atomic E-state index is 12.5. The van der Waals surface area contributed by atoms with Crippen molar-refractivity contribution in [2.24, 2.45) is 5.92 Å². The topological polar surface area (TPSA) is 78.5 Å². The molecule has 1 fully saturated rings. The normalized spacial score (nSPS) is 19.0. The van der Waals surface area contributed by atoms with Gasteiger partial charge in [0.1, 0.15) is 0 Å². The van der Waals surface area contributed by atoms with Gasteiger partial charge in [0.25, 0.3) is 5.91 Å². The van der Waals surface area contributed by atoms with Gasteiger partial charge in [-0.2, -0.15) is 0 Å². The highest BCUT2D eigenvalue weighted by Crippen LogP contribution is 2.18. The van der Waals surface area contributed by atoms with Crippen LogP contribution in [0.1, 0.15) is 36.5 Å². The minimum atomic E-state index is -3.42. The molecule has 1 unspecified atom stereocenters. The lowest BCUT2D eigenvalue weighted by atomic mass is 9.98. The molecule has 1 aromatic carbocycles. The molecule has 134 valence electrons. The molecule has 1 heterocycles. The molecular formula is C17H27N3O3S. The van der Waals surface area contributed by atoms with Gasteiger partial charge in [-0.15, -0.1) is 0 Å². The number of likely N-dealkylation sites (tertiary alicyclic amines) is 1. The minimum absolute atomic E-state index is 0.0390. The average molecular weight is 353 g/mol. The fraction of sp³-hybridized carbons (Fsp3) is 0.588. The van der Waals surface area contributed by atoms with E-state index in [1.807, 2.05) is 0 Å². The first-order valence-electron chi connectivity index (χ1n) is 8.47. The van der Waals surface area contributed by atoms with Crippen LogP contribution in [0, 0.1) is 5.92 Å². The molecule has 6 nitrogen and oxygen atoms in total. The molecule has 0 aromatic heterocycles. The fourth-order valence-corrected chi connectivity index (χ4v) is 4.18. The smallest absolute Gasteiger partial charge is 0.253 e. The number of carbonyl (C=O) groups excluding carboxylic acids is 1. The summed E-state index contributed by atoms with van der Waals surface area (Å²) in [7, 11) is -1.33. The van der Waals surface area contributed by atoms with Gasteiger partial charge in [-0.1, -0.05) is 19.1 Å². The molecule has 1 amide bonds. The Labute approximate surface area is 144 Å². The van der Waals surface area contributed by atoms with Gasteiger partial charge >= 0.3 is 0 Å². The summed E-state index contributed by atoms with van der Waals surface area (Å²) < 4.78 is 26.5. The van der Waals surface area contributed by atoms with Crippen LogP contribution in [0.3, 0.4) is 0 Å². The predicted molar refractivity (Wildman–Crippen MR) is 96.7 cm³/mol. The van der Waals surface area contributed by atoms with E-state index in [4.69, 9.17) is 0 Å². The average Bonchev–Trinajstić information content (AvgIpc) is 2.53. The third-order valence-corrected chi connectivity index (χ3v) is 5.66. The quantitative estimate of drug-likeness (QED) is 0.785. The molecule has 1 atom stereocenters. The number of anilines is 1. The maximum Gasteiger partial charge on any atom is 0.253 e. The lowest BCUT2D eigenvalue weighted by Crippen LogP contribution is -2.39. The van der Waals surface area contributed by atoms with E-state index in [-0.39, 0.29) is 11.7 Å². The highest BCUT2D eigenvalue weighted by molar-refractivity contribution is 7.92. The third kappa shape index (κ3) is 5.49. The highest BCUT2D eigenvalue weighted by atomic mass is 32.2. The van der Waals surface area contributed by atoms with Gasteiger partial charge in [0.05, 0.1) is 17.0 Å². The molecule has 1 saturated heterocycles. The molecule has 24 heavy (non-hydrogen) atoms. The number of rotatable bonds is 7. The molecule has 1 aliphatic heterocycles. The van der Waals surface area contributed by atoms with Crippen LogP contribution in [0.5, 0.6) is 0 Å². The Morgan fingerprint density at radius 1 is 1.33 bits per heavy atom. The second-order valence-electron chi connectivity index (χ2n) is 6.45. The van der Waals surface area contributed by atoms with Gasteiger partial charge in [0.2, 0.25) is 10.0 Å². The zero-order valence-electron chi connectivity index (χ0n) is 14.4. The first-order chi connectivity index (χ1) is 11.4. The van der Waals surface area contributed by atoms with Gasteiger partial charge in [-0.05, 0) is 50.9 Å². The molecular weight excluding hydrogens is 326 g/mol. The lowest BCUT2D eigenvalue weighted by Gasteiger charge is -2.29. The molecule has 1 aliphatic rings. The summed E-state index contributed by atoms with van der Waals surface area (Å²) in [5, 5.41) is 2.95. The Kier molecular flexibility index (Phi) is 6.62. The molecule has 1 aromatic rings. The number of hydrogen-bond acceptors (Lipinski definition) is 4. The van der Waals surface area contributed by atoms with E-state index < -0.39 is 10.0 Å². The van der Waals surface area contributed by atoms with Gasteiger partial charge < -0.3 is 10.2 Å². The molecule has 0 aliphatic carbocycles. The van der Waals surface area contributed by atoms with Crippen molar-refractivity contribution in [2.45, 2.75) is 26.2 Å². The Balaban J connectivity index is 2.01. The third-order valence-electron chi connectivity index (χ3n) is 4.18. The van der Waals surface area contributed by atoms with Crippen molar-refractivity contribution in [1.82, 2.24) is 10.2 Å². The summed E-state index contributed by atoms with van der Waals surface area (Å²) in [5.74, 6) is 0.242. The monoisotopic (exact) mass is 353 g/mol. The van der Waals surface area contributed by atoms with Crippen molar-refractivity contribution in [2.75, 3.05) is 37.2 Å². The van der Waals surface area contributed by atoms with E-state index >= 15 is 0 Å². The first kappa shape index (κ1) is 18.7. The van der Waals surface area contributed by atoms with E-state index in [2.05, 4.69) is 22.0 Å². The summed E-state index contributed by atoms with van der Waals surface area (Å²) in [6.45, 7) is 4.50. The number of nitrogens with zero attached hydrogens (tertiary/aromatic N) is 1. The Bertz CT molecular complexity index is 661.